The average Bonchev–Trinajstić information content (AvgIpc) is 3.07. The lowest BCUT2D eigenvalue weighted by Gasteiger charge is -2.13. The Bertz CT molecular complexity index is 611. The summed E-state index contributed by atoms with van der Waals surface area (Å²) in [6.45, 7) is 0. The van der Waals surface area contributed by atoms with Crippen molar-refractivity contribution in [3.63, 3.8) is 0 Å². The second kappa shape index (κ2) is 5.40. The highest BCUT2D eigenvalue weighted by atomic mass is 32.1. The molecule has 0 amide bonds. The minimum atomic E-state index is -4.40. The van der Waals surface area contributed by atoms with Crippen LogP contribution in [0.15, 0.2) is 36.5 Å². The number of benzene rings is 1. The molecule has 2 aromatic rings. The van der Waals surface area contributed by atoms with E-state index in [-0.39, 0.29) is 12.0 Å². The van der Waals surface area contributed by atoms with Gasteiger partial charge in [-0.3, -0.25) is 11.3 Å². The number of rotatable bonds is 4. The van der Waals surface area contributed by atoms with Gasteiger partial charge in [-0.2, -0.15) is 13.2 Å². The van der Waals surface area contributed by atoms with Gasteiger partial charge in [0.05, 0.1) is 6.04 Å². The lowest BCUT2D eigenvalue weighted by atomic mass is 10.1. The van der Waals surface area contributed by atoms with Gasteiger partial charge in [0, 0.05) is 11.1 Å². The van der Waals surface area contributed by atoms with E-state index in [0.717, 1.165) is 6.42 Å². The Labute approximate surface area is 124 Å². The fraction of sp³-hybridized carbons (Fsp3) is 0.357. The van der Waals surface area contributed by atoms with Crippen LogP contribution in [0.25, 0.3) is 0 Å². The molecule has 0 spiro atoms. The van der Waals surface area contributed by atoms with Gasteiger partial charge in [-0.25, -0.2) is 4.98 Å². The van der Waals surface area contributed by atoms with Crippen LogP contribution in [-0.4, -0.2) is 4.98 Å². The fourth-order valence-corrected chi connectivity index (χ4v) is 3.56. The summed E-state index contributed by atoms with van der Waals surface area (Å²) >= 11 is 0.659. The molecule has 3 N–H and O–H groups in total. The number of hydrazine groups is 1. The standard InChI is InChI=1S/C14H14F3N3S/c15-14(16,17)13-19-7-11(21-13)12(20-18)10-6-9(10)8-4-2-1-3-5-8/h1-5,7,9-10,12,20H,6,18H2. The molecule has 1 heterocycles. The van der Waals surface area contributed by atoms with Crippen LogP contribution in [0.2, 0.25) is 0 Å². The number of thiazole rings is 1. The lowest BCUT2D eigenvalue weighted by molar-refractivity contribution is -0.137. The van der Waals surface area contributed by atoms with Crippen molar-refractivity contribution in [1.82, 2.24) is 10.4 Å². The van der Waals surface area contributed by atoms with E-state index in [4.69, 9.17) is 5.84 Å². The molecule has 0 bridgehead atoms. The highest BCUT2D eigenvalue weighted by Crippen LogP contribution is 2.54. The van der Waals surface area contributed by atoms with Crippen LogP contribution in [-0.2, 0) is 6.18 Å². The molecule has 1 saturated carbocycles. The topological polar surface area (TPSA) is 50.9 Å². The predicted molar refractivity (Wildman–Crippen MR) is 74.5 cm³/mol. The molecular formula is C14H14F3N3S. The quantitative estimate of drug-likeness (QED) is 0.671. The van der Waals surface area contributed by atoms with E-state index in [1.165, 1.54) is 11.8 Å². The van der Waals surface area contributed by atoms with Crippen molar-refractivity contribution >= 4 is 11.3 Å². The number of halogens is 3. The van der Waals surface area contributed by atoms with E-state index in [1.54, 1.807) is 0 Å². The minimum Gasteiger partial charge on any atom is -0.271 e. The molecule has 7 heteroatoms. The molecule has 112 valence electrons. The van der Waals surface area contributed by atoms with E-state index >= 15 is 0 Å². The average molecular weight is 313 g/mol. The second-order valence-corrected chi connectivity index (χ2v) is 6.19. The molecule has 1 aromatic carbocycles. The fourth-order valence-electron chi connectivity index (χ4n) is 2.64. The van der Waals surface area contributed by atoms with Gasteiger partial charge in [-0.1, -0.05) is 30.3 Å². The molecule has 1 aromatic heterocycles. The van der Waals surface area contributed by atoms with Crippen molar-refractivity contribution in [3.05, 3.63) is 52.0 Å². The van der Waals surface area contributed by atoms with E-state index in [0.29, 0.717) is 22.1 Å². The van der Waals surface area contributed by atoms with Crippen molar-refractivity contribution in [3.8, 4) is 0 Å². The first-order valence-corrected chi connectivity index (χ1v) is 7.36. The molecule has 0 radical (unpaired) electrons. The molecule has 3 nitrogen and oxygen atoms in total. The second-order valence-electron chi connectivity index (χ2n) is 5.13. The first-order valence-electron chi connectivity index (χ1n) is 6.54. The maximum atomic E-state index is 12.6. The molecule has 21 heavy (non-hydrogen) atoms. The Balaban J connectivity index is 1.77. The van der Waals surface area contributed by atoms with Crippen molar-refractivity contribution in [2.75, 3.05) is 0 Å². The van der Waals surface area contributed by atoms with Gasteiger partial charge < -0.3 is 0 Å². The van der Waals surface area contributed by atoms with Gasteiger partial charge in [-0.05, 0) is 23.8 Å². The zero-order valence-corrected chi connectivity index (χ0v) is 11.8. The summed E-state index contributed by atoms with van der Waals surface area (Å²) < 4.78 is 37.9. The monoisotopic (exact) mass is 313 g/mol. The van der Waals surface area contributed by atoms with Crippen LogP contribution in [0.4, 0.5) is 13.2 Å². The Morgan fingerprint density at radius 2 is 2.00 bits per heavy atom. The number of nitrogens with zero attached hydrogens (tertiary/aromatic N) is 1. The third-order valence-corrected chi connectivity index (χ3v) is 4.87. The Morgan fingerprint density at radius 1 is 1.29 bits per heavy atom. The molecule has 1 aliphatic rings. The maximum absolute atomic E-state index is 12.6. The van der Waals surface area contributed by atoms with Gasteiger partial charge in [-0.15, -0.1) is 11.3 Å². The summed E-state index contributed by atoms with van der Waals surface area (Å²) in [5.41, 5.74) is 3.85. The number of nitrogens with one attached hydrogen (secondary N) is 1. The molecule has 1 aliphatic carbocycles. The molecular weight excluding hydrogens is 299 g/mol. The predicted octanol–water partition coefficient (Wildman–Crippen LogP) is 3.47. The number of alkyl halides is 3. The minimum absolute atomic E-state index is 0.207. The summed E-state index contributed by atoms with van der Waals surface area (Å²) in [7, 11) is 0. The molecule has 1 fully saturated rings. The largest absolute Gasteiger partial charge is 0.443 e. The Hall–Kier alpha value is -1.44. The normalized spacial score (nSPS) is 23.0. The summed E-state index contributed by atoms with van der Waals surface area (Å²) in [4.78, 5) is 4.00. The highest BCUT2D eigenvalue weighted by Gasteiger charge is 2.45. The van der Waals surface area contributed by atoms with Crippen LogP contribution in [0, 0.1) is 5.92 Å². The van der Waals surface area contributed by atoms with Crippen molar-refractivity contribution in [1.29, 1.82) is 0 Å². The summed E-state index contributed by atoms with van der Waals surface area (Å²) in [5, 5.41) is -0.824. The van der Waals surface area contributed by atoms with Crippen LogP contribution >= 0.6 is 11.3 Å². The van der Waals surface area contributed by atoms with Crippen molar-refractivity contribution < 1.29 is 13.2 Å². The molecule has 3 atom stereocenters. The SMILES string of the molecule is NNC(c1cnc(C(F)(F)F)s1)C1CC1c1ccccc1. The van der Waals surface area contributed by atoms with Gasteiger partial charge >= 0.3 is 6.18 Å². The third kappa shape index (κ3) is 2.95. The van der Waals surface area contributed by atoms with Crippen molar-refractivity contribution in [2.45, 2.75) is 24.6 Å². The smallest absolute Gasteiger partial charge is 0.271 e. The van der Waals surface area contributed by atoms with Crippen LogP contribution in [0.1, 0.15) is 33.8 Å². The summed E-state index contributed by atoms with van der Waals surface area (Å²) in [5.74, 6) is 6.10. The summed E-state index contributed by atoms with van der Waals surface area (Å²) in [6.07, 6.45) is -2.21. The number of aromatic nitrogens is 1. The van der Waals surface area contributed by atoms with Crippen LogP contribution in [0.3, 0.4) is 0 Å². The Morgan fingerprint density at radius 3 is 2.57 bits per heavy atom. The highest BCUT2D eigenvalue weighted by molar-refractivity contribution is 7.11. The number of nitrogens with two attached hydrogens (primary N) is 1. The maximum Gasteiger partial charge on any atom is 0.443 e. The van der Waals surface area contributed by atoms with E-state index in [2.05, 4.69) is 10.4 Å². The first kappa shape index (κ1) is 14.5. The molecule has 0 aliphatic heterocycles. The third-order valence-electron chi connectivity index (χ3n) is 3.75. The van der Waals surface area contributed by atoms with Gasteiger partial charge in [0.1, 0.15) is 0 Å². The van der Waals surface area contributed by atoms with E-state index < -0.39 is 11.2 Å². The van der Waals surface area contributed by atoms with Crippen LogP contribution < -0.4 is 11.3 Å². The van der Waals surface area contributed by atoms with Crippen molar-refractivity contribution in [2.24, 2.45) is 11.8 Å². The van der Waals surface area contributed by atoms with Crippen LogP contribution in [0.5, 0.6) is 0 Å². The van der Waals surface area contributed by atoms with Gasteiger partial charge in [0.2, 0.25) is 0 Å². The zero-order valence-electron chi connectivity index (χ0n) is 11.0. The van der Waals surface area contributed by atoms with E-state index in [1.807, 2.05) is 30.3 Å². The molecule has 0 saturated heterocycles. The van der Waals surface area contributed by atoms with Gasteiger partial charge in [0.25, 0.3) is 0 Å². The summed E-state index contributed by atoms with van der Waals surface area (Å²) in [6, 6.07) is 9.65. The zero-order chi connectivity index (χ0) is 15.0. The number of hydrogen-bond acceptors (Lipinski definition) is 4. The number of hydrogen-bond donors (Lipinski definition) is 2. The first-order chi connectivity index (χ1) is 10.0. The van der Waals surface area contributed by atoms with Gasteiger partial charge in [0.15, 0.2) is 5.01 Å². The lowest BCUT2D eigenvalue weighted by Crippen LogP contribution is -2.29. The van der Waals surface area contributed by atoms with E-state index in [9.17, 15) is 13.2 Å². The molecule has 3 unspecified atom stereocenters. The Kier molecular flexibility index (Phi) is 3.73. The molecule has 3 rings (SSSR count).